The fourth-order valence-corrected chi connectivity index (χ4v) is 3.71. The minimum absolute atomic E-state index is 0.0657. The largest absolute Gasteiger partial charge is 0.476 e. The van der Waals surface area contributed by atoms with Crippen molar-refractivity contribution in [3.05, 3.63) is 53.6 Å². The molecule has 1 aliphatic heterocycles. The molecular formula is C18H17F3N2O4S. The molecule has 0 bridgehead atoms. The third-order valence-corrected chi connectivity index (χ3v) is 5.28. The molecule has 2 aromatic carbocycles. The molecular weight excluding hydrogens is 397 g/mol. The van der Waals surface area contributed by atoms with Crippen LogP contribution in [0.4, 0.5) is 24.5 Å². The average molecular weight is 414 g/mol. The number of hydrogen-bond donors (Lipinski definition) is 1. The van der Waals surface area contributed by atoms with E-state index in [0.29, 0.717) is 5.69 Å². The molecule has 0 spiro atoms. The van der Waals surface area contributed by atoms with Crippen LogP contribution in [0.5, 0.6) is 5.75 Å². The quantitative estimate of drug-likeness (QED) is 0.837. The highest BCUT2D eigenvalue weighted by molar-refractivity contribution is 7.92. The number of sulfonamides is 1. The molecule has 2 aromatic rings. The Bertz CT molecular complexity index is 1020. The highest BCUT2D eigenvalue weighted by atomic mass is 32.2. The Balaban J connectivity index is 1.86. The second-order valence-corrected chi connectivity index (χ2v) is 8.35. The van der Waals surface area contributed by atoms with Crippen molar-refractivity contribution in [3.8, 4) is 5.75 Å². The van der Waals surface area contributed by atoms with Crippen molar-refractivity contribution in [3.63, 3.8) is 0 Å². The van der Waals surface area contributed by atoms with Crippen molar-refractivity contribution < 1.29 is 31.1 Å². The molecule has 10 heteroatoms. The summed E-state index contributed by atoms with van der Waals surface area (Å²) in [4.78, 5) is 12.5. The van der Waals surface area contributed by atoms with Crippen LogP contribution in [0.2, 0.25) is 0 Å². The predicted octanol–water partition coefficient (Wildman–Crippen LogP) is 3.18. The van der Waals surface area contributed by atoms with Gasteiger partial charge in [0.2, 0.25) is 10.0 Å². The van der Waals surface area contributed by atoms with Gasteiger partial charge in [-0.1, -0.05) is 12.1 Å². The summed E-state index contributed by atoms with van der Waals surface area (Å²) in [6, 6.07) is 9.03. The molecule has 1 aliphatic rings. The number of aryl methyl sites for hydroxylation is 1. The second-order valence-electron chi connectivity index (χ2n) is 6.44. The molecule has 0 saturated heterocycles. The van der Waals surface area contributed by atoms with Crippen molar-refractivity contribution in [2.75, 3.05) is 22.4 Å². The van der Waals surface area contributed by atoms with Gasteiger partial charge in [-0.3, -0.25) is 9.10 Å². The van der Waals surface area contributed by atoms with Crippen LogP contribution in [0.25, 0.3) is 0 Å². The Morgan fingerprint density at radius 1 is 1.21 bits per heavy atom. The highest BCUT2D eigenvalue weighted by Crippen LogP contribution is 2.36. The molecule has 28 heavy (non-hydrogen) atoms. The van der Waals surface area contributed by atoms with Crippen LogP contribution >= 0.6 is 0 Å². The van der Waals surface area contributed by atoms with Crippen LogP contribution in [-0.2, 0) is 21.0 Å². The summed E-state index contributed by atoms with van der Waals surface area (Å²) in [5.41, 5.74) is 0.144. The van der Waals surface area contributed by atoms with Crippen molar-refractivity contribution in [2.24, 2.45) is 0 Å². The number of nitrogens with zero attached hydrogens (tertiary/aromatic N) is 1. The van der Waals surface area contributed by atoms with Gasteiger partial charge in [-0.2, -0.15) is 13.2 Å². The van der Waals surface area contributed by atoms with E-state index in [1.54, 1.807) is 25.1 Å². The van der Waals surface area contributed by atoms with Crippen LogP contribution in [0.3, 0.4) is 0 Å². The van der Waals surface area contributed by atoms with Gasteiger partial charge in [0.05, 0.1) is 24.1 Å². The maximum atomic E-state index is 12.8. The summed E-state index contributed by atoms with van der Waals surface area (Å²) in [5.74, 6) is -0.550. The van der Waals surface area contributed by atoms with Crippen LogP contribution in [0.1, 0.15) is 11.1 Å². The molecule has 0 saturated carbocycles. The Kier molecular flexibility index (Phi) is 5.00. The second kappa shape index (κ2) is 7.01. The average Bonchev–Trinajstić information content (AvgIpc) is 2.59. The molecule has 3 rings (SSSR count). The van der Waals surface area contributed by atoms with E-state index < -0.39 is 33.8 Å². The lowest BCUT2D eigenvalue weighted by Crippen LogP contribution is -2.48. The number of ether oxygens (including phenoxy) is 1. The number of amides is 1. The van der Waals surface area contributed by atoms with E-state index in [4.69, 9.17) is 4.74 Å². The number of carbonyl (C=O) groups is 1. The first-order chi connectivity index (χ1) is 12.9. The number of rotatable bonds is 3. The van der Waals surface area contributed by atoms with Crippen LogP contribution in [0, 0.1) is 6.92 Å². The number of nitrogens with one attached hydrogen (secondary N) is 1. The van der Waals surface area contributed by atoms with E-state index in [1.165, 1.54) is 12.1 Å². The van der Waals surface area contributed by atoms with E-state index in [2.05, 4.69) is 5.32 Å². The van der Waals surface area contributed by atoms with Crippen molar-refractivity contribution in [1.82, 2.24) is 0 Å². The summed E-state index contributed by atoms with van der Waals surface area (Å²) >= 11 is 0. The van der Waals surface area contributed by atoms with Gasteiger partial charge in [0, 0.05) is 5.69 Å². The Morgan fingerprint density at radius 2 is 1.93 bits per heavy atom. The zero-order chi connectivity index (χ0) is 20.7. The molecule has 1 amide bonds. The van der Waals surface area contributed by atoms with Gasteiger partial charge in [-0.15, -0.1) is 0 Å². The number of anilines is 2. The summed E-state index contributed by atoms with van der Waals surface area (Å²) in [6.07, 6.45) is -4.77. The summed E-state index contributed by atoms with van der Waals surface area (Å²) in [5, 5.41) is 2.35. The predicted molar refractivity (Wildman–Crippen MR) is 97.9 cm³/mol. The number of fused-ring (bicyclic) bond motifs is 1. The van der Waals surface area contributed by atoms with Crippen LogP contribution in [-0.4, -0.2) is 33.2 Å². The summed E-state index contributed by atoms with van der Waals surface area (Å²) < 4.78 is 69.5. The van der Waals surface area contributed by atoms with Gasteiger partial charge >= 0.3 is 6.18 Å². The zero-order valence-corrected chi connectivity index (χ0v) is 15.8. The molecule has 6 nitrogen and oxygen atoms in total. The van der Waals surface area contributed by atoms with Gasteiger partial charge in [-0.25, -0.2) is 8.42 Å². The van der Waals surface area contributed by atoms with Crippen molar-refractivity contribution >= 4 is 27.3 Å². The maximum Gasteiger partial charge on any atom is 0.416 e. The normalized spacial score (nSPS) is 16.9. The maximum absolute atomic E-state index is 12.8. The van der Waals surface area contributed by atoms with E-state index in [1.807, 2.05) is 0 Å². The lowest BCUT2D eigenvalue weighted by Gasteiger charge is -2.34. The number of benzene rings is 2. The fraction of sp³-hybridized carbons (Fsp3) is 0.278. The van der Waals surface area contributed by atoms with Crippen LogP contribution < -0.4 is 14.4 Å². The SMILES string of the molecule is Cc1ccc2c(c1)N(S(C)(=O)=O)CC(C(=O)Nc1cccc(C(F)(F)F)c1)O2. The number of hydrogen-bond acceptors (Lipinski definition) is 4. The first-order valence-electron chi connectivity index (χ1n) is 8.18. The Labute approximate surface area is 160 Å². The molecule has 0 aromatic heterocycles. The van der Waals surface area contributed by atoms with E-state index in [0.717, 1.165) is 28.3 Å². The van der Waals surface area contributed by atoms with Crippen molar-refractivity contribution in [1.29, 1.82) is 0 Å². The van der Waals surface area contributed by atoms with E-state index >= 15 is 0 Å². The molecule has 1 heterocycles. The van der Waals surface area contributed by atoms with Gasteiger partial charge in [0.1, 0.15) is 5.75 Å². The molecule has 1 atom stereocenters. The standard InChI is InChI=1S/C18H17F3N2O4S/c1-11-6-7-15-14(8-11)23(28(2,25)26)10-16(27-15)17(24)22-13-5-3-4-12(9-13)18(19,20)21/h3-9,16H,10H2,1-2H3,(H,22,24). The van der Waals surface area contributed by atoms with Crippen molar-refractivity contribution in [2.45, 2.75) is 19.2 Å². The summed E-state index contributed by atoms with van der Waals surface area (Å²) in [6.45, 7) is 1.49. The minimum atomic E-state index is -4.55. The molecule has 0 fully saturated rings. The number of alkyl halides is 3. The van der Waals surface area contributed by atoms with Gasteiger partial charge < -0.3 is 10.1 Å². The summed E-state index contributed by atoms with van der Waals surface area (Å²) in [7, 11) is -3.70. The molecule has 150 valence electrons. The topological polar surface area (TPSA) is 75.7 Å². The number of halogens is 3. The van der Waals surface area contributed by atoms with Crippen LogP contribution in [0.15, 0.2) is 42.5 Å². The molecule has 1 N–H and O–H groups in total. The lowest BCUT2D eigenvalue weighted by molar-refractivity contribution is -0.137. The highest BCUT2D eigenvalue weighted by Gasteiger charge is 2.35. The fourth-order valence-electron chi connectivity index (χ4n) is 2.81. The van der Waals surface area contributed by atoms with E-state index in [9.17, 15) is 26.4 Å². The lowest BCUT2D eigenvalue weighted by atomic mass is 10.1. The first-order valence-corrected chi connectivity index (χ1v) is 10.0. The zero-order valence-electron chi connectivity index (χ0n) is 14.9. The van der Waals surface area contributed by atoms with Gasteiger partial charge in [0.25, 0.3) is 5.91 Å². The molecule has 0 radical (unpaired) electrons. The van der Waals surface area contributed by atoms with E-state index in [-0.39, 0.29) is 18.0 Å². The van der Waals surface area contributed by atoms with Gasteiger partial charge in [0.15, 0.2) is 6.10 Å². The minimum Gasteiger partial charge on any atom is -0.476 e. The Morgan fingerprint density at radius 3 is 2.57 bits per heavy atom. The molecule has 1 unspecified atom stereocenters. The smallest absolute Gasteiger partial charge is 0.416 e. The molecule has 0 aliphatic carbocycles. The third kappa shape index (κ3) is 4.22. The monoisotopic (exact) mass is 414 g/mol. The number of carbonyl (C=O) groups excluding carboxylic acids is 1. The first kappa shape index (κ1) is 20.0. The van der Waals surface area contributed by atoms with Gasteiger partial charge in [-0.05, 0) is 42.8 Å². The third-order valence-electron chi connectivity index (χ3n) is 4.13. The Hall–Kier alpha value is -2.75.